The summed E-state index contributed by atoms with van der Waals surface area (Å²) in [6.07, 6.45) is 4.11. The average molecular weight is 370 g/mol. The number of ether oxygens (including phenoxy) is 1. The fourth-order valence-electron chi connectivity index (χ4n) is 3.33. The van der Waals surface area contributed by atoms with Gasteiger partial charge in [0.15, 0.2) is 5.78 Å². The van der Waals surface area contributed by atoms with E-state index in [1.54, 1.807) is 0 Å². The van der Waals surface area contributed by atoms with Gasteiger partial charge in [-0.2, -0.15) is 0 Å². The van der Waals surface area contributed by atoms with E-state index in [2.05, 4.69) is 4.74 Å². The number of hydrogen-bond acceptors (Lipinski definition) is 6. The van der Waals surface area contributed by atoms with E-state index >= 15 is 0 Å². The third-order valence-corrected chi connectivity index (χ3v) is 4.88. The third-order valence-electron chi connectivity index (χ3n) is 4.88. The van der Waals surface area contributed by atoms with E-state index in [1.807, 2.05) is 6.92 Å². The predicted molar refractivity (Wildman–Crippen MR) is 90.2 cm³/mol. The Hall–Kier alpha value is -2.22. The number of allylic oxidation sites excluding steroid dienone is 1. The van der Waals surface area contributed by atoms with Crippen LogP contribution in [0.25, 0.3) is 0 Å². The first-order chi connectivity index (χ1) is 12.2. The number of esters is 1. The topological polar surface area (TPSA) is 138 Å². The maximum atomic E-state index is 12.6. The molecule has 0 bridgehead atoms. The Labute approximate surface area is 151 Å². The van der Waals surface area contributed by atoms with E-state index in [0.29, 0.717) is 6.42 Å². The first-order valence-corrected chi connectivity index (χ1v) is 8.64. The van der Waals surface area contributed by atoms with Gasteiger partial charge >= 0.3 is 17.9 Å². The van der Waals surface area contributed by atoms with Crippen molar-refractivity contribution in [3.05, 3.63) is 12.2 Å². The number of unbranched alkanes of at least 4 members (excludes halogenated alkanes) is 2. The lowest BCUT2D eigenvalue weighted by atomic mass is 9.73. The molecule has 0 aliphatic heterocycles. The van der Waals surface area contributed by atoms with Crippen molar-refractivity contribution in [2.24, 2.45) is 17.3 Å². The highest BCUT2D eigenvalue weighted by Gasteiger charge is 2.62. The van der Waals surface area contributed by atoms with Crippen LogP contribution in [-0.2, 0) is 23.9 Å². The van der Waals surface area contributed by atoms with Gasteiger partial charge in [-0.3, -0.25) is 19.2 Å². The summed E-state index contributed by atoms with van der Waals surface area (Å²) in [5.41, 5.74) is -2.20. The molecule has 3 N–H and O–H groups in total. The van der Waals surface area contributed by atoms with Crippen LogP contribution in [0.4, 0.5) is 0 Å². The molecule has 0 saturated heterocycles. The van der Waals surface area contributed by atoms with Crippen LogP contribution >= 0.6 is 0 Å². The molecule has 1 aliphatic rings. The van der Waals surface area contributed by atoms with Crippen LogP contribution in [-0.4, -0.2) is 52.2 Å². The van der Waals surface area contributed by atoms with Gasteiger partial charge < -0.3 is 20.1 Å². The van der Waals surface area contributed by atoms with Crippen molar-refractivity contribution in [1.82, 2.24) is 0 Å². The average Bonchev–Trinajstić information content (AvgIpc) is 2.86. The summed E-state index contributed by atoms with van der Waals surface area (Å²) in [5.74, 6) is -7.44. The van der Waals surface area contributed by atoms with E-state index in [1.165, 1.54) is 12.2 Å². The molecule has 0 amide bonds. The number of carbonyl (C=O) groups is 4. The second kappa shape index (κ2) is 9.47. The Balaban J connectivity index is 3.14. The highest BCUT2D eigenvalue weighted by molar-refractivity contribution is 6.14. The highest BCUT2D eigenvalue weighted by Crippen LogP contribution is 2.47. The zero-order chi connectivity index (χ0) is 19.9. The summed E-state index contributed by atoms with van der Waals surface area (Å²) in [6, 6.07) is 0. The number of aliphatic hydroxyl groups is 1. The molecule has 0 heterocycles. The molecule has 0 aromatic carbocycles. The minimum atomic E-state index is -2.20. The van der Waals surface area contributed by atoms with E-state index in [4.69, 9.17) is 0 Å². The van der Waals surface area contributed by atoms with Crippen molar-refractivity contribution < 1.29 is 39.2 Å². The molecule has 0 spiro atoms. The van der Waals surface area contributed by atoms with Gasteiger partial charge in [-0.25, -0.2) is 0 Å². The smallest absolute Gasteiger partial charge is 0.318 e. The Morgan fingerprint density at radius 2 is 1.96 bits per heavy atom. The number of carbonyl (C=O) groups excluding carboxylic acids is 2. The minimum absolute atomic E-state index is 0.240. The lowest BCUT2D eigenvalue weighted by Gasteiger charge is -2.26. The number of Topliss-reactive ketones (excluding diaryl/α,β-unsaturated/α-hetero) is 1. The lowest BCUT2D eigenvalue weighted by molar-refractivity contribution is -0.163. The maximum Gasteiger partial charge on any atom is 0.318 e. The molecule has 0 radical (unpaired) electrons. The number of ketones is 1. The van der Waals surface area contributed by atoms with Crippen molar-refractivity contribution in [3.8, 4) is 0 Å². The summed E-state index contributed by atoms with van der Waals surface area (Å²) >= 11 is 0. The van der Waals surface area contributed by atoms with Crippen LogP contribution in [0.15, 0.2) is 12.2 Å². The van der Waals surface area contributed by atoms with Crippen molar-refractivity contribution in [2.75, 3.05) is 7.11 Å². The molecule has 4 atom stereocenters. The fraction of sp³-hybridized carbons (Fsp3) is 0.667. The summed E-state index contributed by atoms with van der Waals surface area (Å²) < 4.78 is 4.50. The number of aliphatic hydroxyl groups excluding tert-OH is 1. The normalized spacial score (nSPS) is 26.8. The Morgan fingerprint density at radius 3 is 2.46 bits per heavy atom. The molecular weight excluding hydrogens is 344 g/mol. The van der Waals surface area contributed by atoms with Gasteiger partial charge in [0, 0.05) is 5.92 Å². The van der Waals surface area contributed by atoms with Gasteiger partial charge in [0.1, 0.15) is 11.3 Å². The van der Waals surface area contributed by atoms with E-state index in [9.17, 15) is 34.5 Å². The van der Waals surface area contributed by atoms with Gasteiger partial charge in [-0.1, -0.05) is 38.3 Å². The van der Waals surface area contributed by atoms with Crippen molar-refractivity contribution >= 4 is 23.7 Å². The zero-order valence-electron chi connectivity index (χ0n) is 15.0. The Kier molecular flexibility index (Phi) is 7.95. The van der Waals surface area contributed by atoms with Crippen LogP contribution in [0.2, 0.25) is 0 Å². The van der Waals surface area contributed by atoms with Crippen molar-refractivity contribution in [2.45, 2.75) is 51.6 Å². The quantitative estimate of drug-likeness (QED) is 0.227. The summed E-state index contributed by atoms with van der Waals surface area (Å²) in [5, 5.41) is 28.9. The SMILES string of the molecule is CCCCCC(O)C=C[C@H]1C[C@H](C(=O)O)C(=O)C1(CC(=O)OC)C(=O)O. The molecular formula is C18H26O8. The van der Waals surface area contributed by atoms with Crippen molar-refractivity contribution in [1.29, 1.82) is 0 Å². The van der Waals surface area contributed by atoms with Crippen LogP contribution in [0.1, 0.15) is 45.4 Å². The maximum absolute atomic E-state index is 12.6. The molecule has 0 aromatic rings. The number of carboxylic acids is 2. The molecule has 0 aromatic heterocycles. The molecule has 1 aliphatic carbocycles. The largest absolute Gasteiger partial charge is 0.481 e. The van der Waals surface area contributed by atoms with Crippen LogP contribution in [0, 0.1) is 17.3 Å². The molecule has 26 heavy (non-hydrogen) atoms. The van der Waals surface area contributed by atoms with E-state index < -0.39 is 53.5 Å². The third kappa shape index (κ3) is 4.69. The first kappa shape index (κ1) is 21.8. The Bertz CT molecular complexity index is 582. The molecule has 8 nitrogen and oxygen atoms in total. The fourth-order valence-corrected chi connectivity index (χ4v) is 3.33. The van der Waals surface area contributed by atoms with Gasteiger partial charge in [0.05, 0.1) is 19.6 Å². The lowest BCUT2D eigenvalue weighted by Crippen LogP contribution is -2.44. The second-order valence-corrected chi connectivity index (χ2v) is 6.57. The molecule has 1 fully saturated rings. The number of rotatable bonds is 10. The molecule has 146 valence electrons. The number of hydrogen-bond donors (Lipinski definition) is 3. The molecule has 2 unspecified atom stereocenters. The van der Waals surface area contributed by atoms with Crippen LogP contribution in [0.5, 0.6) is 0 Å². The monoisotopic (exact) mass is 370 g/mol. The number of carboxylic acid groups (broad SMARTS) is 2. The van der Waals surface area contributed by atoms with Crippen molar-refractivity contribution in [3.63, 3.8) is 0 Å². The predicted octanol–water partition coefficient (Wildman–Crippen LogP) is 1.41. The Morgan fingerprint density at radius 1 is 1.31 bits per heavy atom. The molecule has 8 heteroatoms. The van der Waals surface area contributed by atoms with E-state index in [-0.39, 0.29) is 6.42 Å². The van der Waals surface area contributed by atoms with Gasteiger partial charge in [-0.05, 0) is 12.8 Å². The van der Waals surface area contributed by atoms with E-state index in [0.717, 1.165) is 26.4 Å². The molecule has 1 saturated carbocycles. The standard InChI is InChI=1S/C18H26O8/c1-3-4-5-6-12(19)8-7-11-9-13(16(22)23)15(21)18(11,17(24)25)10-14(20)26-2/h7-8,11-13,19H,3-6,9-10H2,1-2H3,(H,22,23)(H,24,25)/t11-,12?,13-,18?/m0/s1. The van der Waals surface area contributed by atoms with Crippen LogP contribution < -0.4 is 0 Å². The minimum Gasteiger partial charge on any atom is -0.481 e. The number of methoxy groups -OCH3 is 1. The summed E-state index contributed by atoms with van der Waals surface area (Å²) in [4.78, 5) is 47.5. The number of aliphatic carboxylic acids is 2. The summed E-state index contributed by atoms with van der Waals surface area (Å²) in [6.45, 7) is 2.02. The zero-order valence-corrected chi connectivity index (χ0v) is 15.0. The second-order valence-electron chi connectivity index (χ2n) is 6.57. The highest BCUT2D eigenvalue weighted by atomic mass is 16.5. The van der Waals surface area contributed by atoms with Gasteiger partial charge in [0.2, 0.25) is 0 Å². The van der Waals surface area contributed by atoms with Gasteiger partial charge in [0.25, 0.3) is 0 Å². The first-order valence-electron chi connectivity index (χ1n) is 8.64. The van der Waals surface area contributed by atoms with Crippen LogP contribution in [0.3, 0.4) is 0 Å². The molecule has 1 rings (SSSR count). The summed E-state index contributed by atoms with van der Waals surface area (Å²) in [7, 11) is 1.06. The van der Waals surface area contributed by atoms with Gasteiger partial charge in [-0.15, -0.1) is 0 Å².